The highest BCUT2D eigenvalue weighted by Gasteiger charge is 2.38. The van der Waals surface area contributed by atoms with E-state index in [0.717, 1.165) is 38.8 Å². The van der Waals surface area contributed by atoms with E-state index in [9.17, 15) is 14.0 Å². The Balaban J connectivity index is 1.74. The van der Waals surface area contributed by atoms with Crippen LogP contribution < -0.4 is 0 Å². The standard InChI is InChI=1S/C18H23FN2O2/c19-15-8-4-3-7-14(15)13-21-16(9-10-17(21)22)18(23)20-11-5-1-2-6-12-20/h3-4,7-8,16H,1-2,5-6,9-13H2. The van der Waals surface area contributed by atoms with Crippen LogP contribution in [0.15, 0.2) is 24.3 Å². The van der Waals surface area contributed by atoms with Gasteiger partial charge in [0.1, 0.15) is 11.9 Å². The number of likely N-dealkylation sites (tertiary alicyclic amines) is 2. The van der Waals surface area contributed by atoms with Gasteiger partial charge in [-0.2, -0.15) is 0 Å². The minimum atomic E-state index is -0.430. The minimum absolute atomic E-state index is 0.0362. The van der Waals surface area contributed by atoms with Crippen LogP contribution in [-0.4, -0.2) is 40.7 Å². The zero-order valence-corrected chi connectivity index (χ0v) is 13.3. The normalized spacial score (nSPS) is 22.3. The summed E-state index contributed by atoms with van der Waals surface area (Å²) < 4.78 is 13.9. The molecule has 2 fully saturated rings. The van der Waals surface area contributed by atoms with Crippen LogP contribution in [0.25, 0.3) is 0 Å². The fraction of sp³-hybridized carbons (Fsp3) is 0.556. The Labute approximate surface area is 136 Å². The second kappa shape index (κ2) is 7.11. The summed E-state index contributed by atoms with van der Waals surface area (Å²) in [4.78, 5) is 28.5. The van der Waals surface area contributed by atoms with Crippen molar-refractivity contribution in [3.63, 3.8) is 0 Å². The van der Waals surface area contributed by atoms with Gasteiger partial charge < -0.3 is 9.80 Å². The SMILES string of the molecule is O=C(C1CCC(=O)N1Cc1ccccc1F)N1CCCCCC1. The number of hydrogen-bond donors (Lipinski definition) is 0. The van der Waals surface area contributed by atoms with Gasteiger partial charge in [0.25, 0.3) is 0 Å². The first-order valence-electron chi connectivity index (χ1n) is 8.48. The van der Waals surface area contributed by atoms with E-state index in [1.165, 1.54) is 6.07 Å². The van der Waals surface area contributed by atoms with Crippen molar-refractivity contribution in [1.29, 1.82) is 0 Å². The molecule has 2 amide bonds. The summed E-state index contributed by atoms with van der Waals surface area (Å²) in [7, 11) is 0. The van der Waals surface area contributed by atoms with Crippen LogP contribution in [0.4, 0.5) is 4.39 Å². The third kappa shape index (κ3) is 3.54. The first-order valence-corrected chi connectivity index (χ1v) is 8.48. The van der Waals surface area contributed by atoms with E-state index in [0.29, 0.717) is 18.4 Å². The topological polar surface area (TPSA) is 40.6 Å². The van der Waals surface area contributed by atoms with Crippen LogP contribution in [0.5, 0.6) is 0 Å². The van der Waals surface area contributed by atoms with E-state index in [1.807, 2.05) is 4.90 Å². The van der Waals surface area contributed by atoms with Gasteiger partial charge in [-0.3, -0.25) is 9.59 Å². The van der Waals surface area contributed by atoms with Crippen molar-refractivity contribution in [2.45, 2.75) is 51.1 Å². The van der Waals surface area contributed by atoms with Crippen molar-refractivity contribution >= 4 is 11.8 Å². The van der Waals surface area contributed by atoms with Crippen LogP contribution in [0.1, 0.15) is 44.1 Å². The number of hydrogen-bond acceptors (Lipinski definition) is 2. The molecule has 2 saturated heterocycles. The molecule has 0 N–H and O–H groups in total. The highest BCUT2D eigenvalue weighted by molar-refractivity contribution is 5.91. The predicted molar refractivity (Wildman–Crippen MR) is 85.0 cm³/mol. The van der Waals surface area contributed by atoms with Crippen LogP contribution >= 0.6 is 0 Å². The number of nitrogens with zero attached hydrogens (tertiary/aromatic N) is 2. The third-order valence-electron chi connectivity index (χ3n) is 4.83. The summed E-state index contributed by atoms with van der Waals surface area (Å²) in [6.45, 7) is 1.73. The van der Waals surface area contributed by atoms with Crippen molar-refractivity contribution in [1.82, 2.24) is 9.80 Å². The van der Waals surface area contributed by atoms with Crippen molar-refractivity contribution in [2.24, 2.45) is 0 Å². The Kier molecular flexibility index (Phi) is 4.94. The molecule has 4 nitrogen and oxygen atoms in total. The average Bonchev–Trinajstić information content (AvgIpc) is 2.77. The molecule has 2 heterocycles. The molecule has 0 aliphatic carbocycles. The van der Waals surface area contributed by atoms with E-state index in [1.54, 1.807) is 23.1 Å². The predicted octanol–water partition coefficient (Wildman–Crippen LogP) is 2.72. The van der Waals surface area contributed by atoms with Crippen molar-refractivity contribution in [3.8, 4) is 0 Å². The lowest BCUT2D eigenvalue weighted by Gasteiger charge is -2.29. The van der Waals surface area contributed by atoms with Crippen molar-refractivity contribution < 1.29 is 14.0 Å². The van der Waals surface area contributed by atoms with Gasteiger partial charge in [0.15, 0.2) is 0 Å². The molecule has 0 radical (unpaired) electrons. The zero-order chi connectivity index (χ0) is 16.2. The molecule has 5 heteroatoms. The molecule has 1 aromatic carbocycles. The molecular formula is C18H23FN2O2. The lowest BCUT2D eigenvalue weighted by atomic mass is 10.1. The van der Waals surface area contributed by atoms with E-state index in [-0.39, 0.29) is 24.2 Å². The first kappa shape index (κ1) is 16.0. The number of benzene rings is 1. The summed E-state index contributed by atoms with van der Waals surface area (Å²) in [5, 5.41) is 0. The van der Waals surface area contributed by atoms with E-state index in [2.05, 4.69) is 0 Å². The van der Waals surface area contributed by atoms with Gasteiger partial charge in [0.05, 0.1) is 0 Å². The zero-order valence-electron chi connectivity index (χ0n) is 13.3. The average molecular weight is 318 g/mol. The number of halogens is 1. The molecule has 0 spiro atoms. The molecule has 0 aromatic heterocycles. The molecule has 0 saturated carbocycles. The molecule has 23 heavy (non-hydrogen) atoms. The van der Waals surface area contributed by atoms with Crippen LogP contribution in [0.3, 0.4) is 0 Å². The lowest BCUT2D eigenvalue weighted by Crippen LogP contribution is -2.46. The molecule has 1 atom stereocenters. The Morgan fingerprint density at radius 1 is 1.13 bits per heavy atom. The number of carbonyl (C=O) groups excluding carboxylic acids is 2. The minimum Gasteiger partial charge on any atom is -0.341 e. The Morgan fingerprint density at radius 2 is 1.83 bits per heavy atom. The smallest absolute Gasteiger partial charge is 0.245 e. The number of rotatable bonds is 3. The van der Waals surface area contributed by atoms with Gasteiger partial charge in [-0.15, -0.1) is 0 Å². The van der Waals surface area contributed by atoms with E-state index < -0.39 is 6.04 Å². The molecule has 3 rings (SSSR count). The molecule has 1 unspecified atom stereocenters. The Morgan fingerprint density at radius 3 is 2.52 bits per heavy atom. The number of carbonyl (C=O) groups is 2. The highest BCUT2D eigenvalue weighted by Crippen LogP contribution is 2.25. The molecule has 1 aromatic rings. The third-order valence-corrected chi connectivity index (χ3v) is 4.83. The lowest BCUT2D eigenvalue weighted by molar-refractivity contribution is -0.141. The fourth-order valence-corrected chi connectivity index (χ4v) is 3.50. The van der Waals surface area contributed by atoms with E-state index in [4.69, 9.17) is 0 Å². The Hall–Kier alpha value is -1.91. The van der Waals surface area contributed by atoms with Gasteiger partial charge in [-0.25, -0.2) is 4.39 Å². The first-order chi connectivity index (χ1) is 11.2. The van der Waals surface area contributed by atoms with E-state index >= 15 is 0 Å². The van der Waals surface area contributed by atoms with Crippen LogP contribution in [0.2, 0.25) is 0 Å². The largest absolute Gasteiger partial charge is 0.341 e. The Bertz CT molecular complexity index is 582. The summed E-state index contributed by atoms with van der Waals surface area (Å²) in [6, 6.07) is 6.02. The molecule has 2 aliphatic rings. The quantitative estimate of drug-likeness (QED) is 0.860. The summed E-state index contributed by atoms with van der Waals surface area (Å²) in [5.74, 6) is -0.344. The van der Waals surface area contributed by atoms with Gasteiger partial charge in [-0.1, -0.05) is 31.0 Å². The van der Waals surface area contributed by atoms with Gasteiger partial charge in [-0.05, 0) is 25.3 Å². The van der Waals surface area contributed by atoms with Crippen molar-refractivity contribution in [2.75, 3.05) is 13.1 Å². The number of amides is 2. The maximum atomic E-state index is 13.9. The maximum absolute atomic E-state index is 13.9. The second-order valence-corrected chi connectivity index (χ2v) is 6.41. The maximum Gasteiger partial charge on any atom is 0.245 e. The monoisotopic (exact) mass is 318 g/mol. The van der Waals surface area contributed by atoms with Crippen LogP contribution in [0, 0.1) is 5.82 Å². The fourth-order valence-electron chi connectivity index (χ4n) is 3.50. The highest BCUT2D eigenvalue weighted by atomic mass is 19.1. The molecule has 124 valence electrons. The summed E-state index contributed by atoms with van der Waals surface area (Å²) >= 11 is 0. The molecule has 0 bridgehead atoms. The summed E-state index contributed by atoms with van der Waals surface area (Å²) in [6.07, 6.45) is 5.29. The molecular weight excluding hydrogens is 295 g/mol. The van der Waals surface area contributed by atoms with Crippen LogP contribution in [-0.2, 0) is 16.1 Å². The molecule has 2 aliphatic heterocycles. The summed E-state index contributed by atoms with van der Waals surface area (Å²) in [5.41, 5.74) is 0.469. The van der Waals surface area contributed by atoms with Gasteiger partial charge in [0.2, 0.25) is 11.8 Å². The second-order valence-electron chi connectivity index (χ2n) is 6.41. The van der Waals surface area contributed by atoms with Crippen molar-refractivity contribution in [3.05, 3.63) is 35.6 Å². The van der Waals surface area contributed by atoms with Gasteiger partial charge >= 0.3 is 0 Å². The van der Waals surface area contributed by atoms with Gasteiger partial charge in [0, 0.05) is 31.6 Å².